The zero-order chi connectivity index (χ0) is 42.2. The first-order valence-corrected chi connectivity index (χ1v) is 19.9. The van der Waals surface area contributed by atoms with Gasteiger partial charge in [0.2, 0.25) is 12.0 Å². The van der Waals surface area contributed by atoms with E-state index in [2.05, 4.69) is 15.6 Å². The third-order valence-corrected chi connectivity index (χ3v) is 12.0. The molecule has 60 heavy (non-hydrogen) atoms. The van der Waals surface area contributed by atoms with Crippen LogP contribution in [0.2, 0.25) is 0 Å². The van der Waals surface area contributed by atoms with Crippen molar-refractivity contribution >= 4 is 22.8 Å². The monoisotopic (exact) mass is 828 g/mol. The van der Waals surface area contributed by atoms with Crippen LogP contribution in [0.15, 0.2) is 82.0 Å². The van der Waals surface area contributed by atoms with Crippen LogP contribution in [-0.2, 0) is 22.6 Å². The first-order chi connectivity index (χ1) is 28.9. The number of aliphatic hydroxyl groups is 3. The molecule has 3 fully saturated rings. The summed E-state index contributed by atoms with van der Waals surface area (Å²) >= 11 is 0. The molecule has 17 heteroatoms. The molecule has 318 valence electrons. The molecule has 17 nitrogen and oxygen atoms in total. The standard InChI is InChI=1S/C43H48N4O13/c44-33-12-9-25(47-33)13-16-56-27-10-7-24(8-11-27)29-18-28(49)34-30(58-29)19-31(37(35(34)50)57-21-23-5-4-6-26(48)17-23)59-41-36(51)38(52)43(55,39(60-41)40(53)54)42(14-2-1-3-15-42)32-20-45-22-46-32/h4-12,17-19,32,36,38-39,41,45-48,50-52,55H,1-3,13-16,20-22,44H2,(H,53,54)/t32-,36-,38+,39-,41-,43+/m1/s1. The lowest BCUT2D eigenvalue weighted by molar-refractivity contribution is -0.338. The number of benzene rings is 3. The third kappa shape index (κ3) is 7.59. The van der Waals surface area contributed by atoms with Crippen molar-refractivity contribution in [2.45, 2.75) is 81.4 Å². The Morgan fingerprint density at radius 1 is 0.967 bits per heavy atom. The number of aromatic amines is 1. The zero-order valence-electron chi connectivity index (χ0n) is 32.5. The summed E-state index contributed by atoms with van der Waals surface area (Å²) in [4.78, 5) is 29.8. The van der Waals surface area contributed by atoms with Crippen molar-refractivity contribution in [3.05, 3.63) is 94.3 Å². The maximum Gasteiger partial charge on any atom is 0.336 e. The van der Waals surface area contributed by atoms with E-state index in [9.17, 15) is 40.2 Å². The Hall–Kier alpha value is -5.82. The SMILES string of the molecule is Nc1ccc(CCOc2ccc(-c3cc(=O)c4c(O)c(OCc5cccc(O)c5)c(O[C@@H]5O[C@H](C(=O)O)[C@](O)(C6([C@H]7CNCN7)CCCCC6)[C@@H](O)[C@H]5O)cc4o3)cc2)[nH]1. The number of hydrogen-bond donors (Lipinski definition) is 10. The van der Waals surface area contributed by atoms with E-state index < -0.39 is 64.6 Å². The lowest BCUT2D eigenvalue weighted by Gasteiger charge is -2.59. The van der Waals surface area contributed by atoms with Gasteiger partial charge in [0.25, 0.3) is 0 Å². The molecule has 0 amide bonds. The Balaban J connectivity index is 1.13. The number of aromatic nitrogens is 1. The van der Waals surface area contributed by atoms with Gasteiger partial charge >= 0.3 is 5.97 Å². The minimum absolute atomic E-state index is 0.0514. The summed E-state index contributed by atoms with van der Waals surface area (Å²) in [6.45, 7) is 0.927. The summed E-state index contributed by atoms with van der Waals surface area (Å²) in [5.41, 5.74) is 3.14. The van der Waals surface area contributed by atoms with Crippen LogP contribution >= 0.6 is 0 Å². The minimum atomic E-state index is -2.47. The number of H-pyrrole nitrogens is 1. The number of nitrogen functional groups attached to an aromatic ring is 1. The van der Waals surface area contributed by atoms with Gasteiger partial charge in [-0.1, -0.05) is 31.4 Å². The number of rotatable bonds is 13. The molecule has 2 aromatic heterocycles. The van der Waals surface area contributed by atoms with Crippen LogP contribution in [0.4, 0.5) is 5.82 Å². The molecule has 2 saturated heterocycles. The van der Waals surface area contributed by atoms with Crippen molar-refractivity contribution in [2.24, 2.45) is 5.41 Å². The largest absolute Gasteiger partial charge is 0.508 e. The van der Waals surface area contributed by atoms with Crippen LogP contribution in [0, 0.1) is 5.41 Å². The first-order valence-electron chi connectivity index (χ1n) is 19.9. The molecule has 3 aromatic carbocycles. The number of carboxylic acids is 1. The van der Waals surface area contributed by atoms with Crippen LogP contribution < -0.4 is 36.0 Å². The van der Waals surface area contributed by atoms with Crippen LogP contribution in [0.1, 0.15) is 43.4 Å². The predicted molar refractivity (Wildman–Crippen MR) is 216 cm³/mol. The topological polar surface area (TPSA) is 271 Å². The highest BCUT2D eigenvalue weighted by Gasteiger charge is 2.69. The highest BCUT2D eigenvalue weighted by molar-refractivity contribution is 5.89. The van der Waals surface area contributed by atoms with Gasteiger partial charge in [0.15, 0.2) is 23.0 Å². The number of nitrogens with one attached hydrogen (secondary N) is 3. The Kier molecular flexibility index (Phi) is 11.4. The summed E-state index contributed by atoms with van der Waals surface area (Å²) in [6, 6.07) is 18.5. The second kappa shape index (κ2) is 16.7. The van der Waals surface area contributed by atoms with Gasteiger partial charge in [-0.2, -0.15) is 0 Å². The van der Waals surface area contributed by atoms with Gasteiger partial charge in [-0.15, -0.1) is 0 Å². The van der Waals surface area contributed by atoms with Crippen molar-refractivity contribution in [2.75, 3.05) is 25.6 Å². The van der Waals surface area contributed by atoms with Gasteiger partial charge in [0.1, 0.15) is 58.5 Å². The summed E-state index contributed by atoms with van der Waals surface area (Å²) in [5, 5.41) is 74.6. The molecule has 2 aliphatic heterocycles. The van der Waals surface area contributed by atoms with Gasteiger partial charge in [-0.3, -0.25) is 10.1 Å². The van der Waals surface area contributed by atoms with Gasteiger partial charge in [-0.05, 0) is 66.9 Å². The lowest BCUT2D eigenvalue weighted by Crippen LogP contribution is -2.77. The number of anilines is 1. The summed E-state index contributed by atoms with van der Waals surface area (Å²) in [7, 11) is 0. The number of phenolic OH excluding ortho intramolecular Hbond substituents is 2. The Morgan fingerprint density at radius 3 is 2.43 bits per heavy atom. The van der Waals surface area contributed by atoms with Crippen LogP contribution in [0.3, 0.4) is 0 Å². The number of phenols is 2. The molecular weight excluding hydrogens is 780 g/mol. The third-order valence-electron chi connectivity index (χ3n) is 12.0. The van der Waals surface area contributed by atoms with Gasteiger partial charge in [-0.25, -0.2) is 4.79 Å². The van der Waals surface area contributed by atoms with Crippen LogP contribution in [0.25, 0.3) is 22.3 Å². The molecule has 0 radical (unpaired) electrons. The number of hydrogen-bond acceptors (Lipinski definition) is 15. The van der Waals surface area contributed by atoms with E-state index in [0.717, 1.165) is 12.1 Å². The van der Waals surface area contributed by atoms with Crippen molar-refractivity contribution < 1.29 is 58.8 Å². The number of carboxylic acid groups (broad SMARTS) is 1. The van der Waals surface area contributed by atoms with Crippen molar-refractivity contribution in [3.8, 4) is 40.1 Å². The second-order valence-corrected chi connectivity index (χ2v) is 15.6. The maximum absolute atomic E-state index is 13.7. The Bertz CT molecular complexity index is 2390. The maximum atomic E-state index is 13.7. The number of fused-ring (bicyclic) bond motifs is 1. The van der Waals surface area contributed by atoms with E-state index in [4.69, 9.17) is 29.1 Å². The summed E-state index contributed by atoms with van der Waals surface area (Å²) in [6.07, 6.45) is -4.63. The highest BCUT2D eigenvalue weighted by Crippen LogP contribution is 2.54. The molecule has 11 N–H and O–H groups in total. The number of aromatic hydroxyl groups is 2. The van der Waals surface area contributed by atoms with Crippen LogP contribution in [0.5, 0.6) is 28.7 Å². The average molecular weight is 829 g/mol. The summed E-state index contributed by atoms with van der Waals surface area (Å²) < 4.78 is 30.1. The quantitative estimate of drug-likeness (QED) is 0.0817. The average Bonchev–Trinajstić information content (AvgIpc) is 3.94. The minimum Gasteiger partial charge on any atom is -0.508 e. The Labute approximate surface area is 343 Å². The van der Waals surface area contributed by atoms with Crippen molar-refractivity contribution in [1.29, 1.82) is 0 Å². The molecule has 8 rings (SSSR count). The summed E-state index contributed by atoms with van der Waals surface area (Å²) in [5.74, 6) is -1.86. The van der Waals surface area contributed by atoms with E-state index in [0.29, 0.717) is 74.6 Å². The zero-order valence-corrected chi connectivity index (χ0v) is 32.5. The van der Waals surface area contributed by atoms with Crippen LogP contribution in [-0.4, -0.2) is 97.7 Å². The molecule has 4 heterocycles. The fraction of sp³-hybridized carbons (Fsp3) is 0.395. The van der Waals surface area contributed by atoms with E-state index in [-0.39, 0.29) is 34.8 Å². The van der Waals surface area contributed by atoms with E-state index in [1.807, 2.05) is 6.07 Å². The van der Waals surface area contributed by atoms with E-state index in [1.165, 1.54) is 24.3 Å². The first kappa shape index (κ1) is 40.9. The number of nitrogens with two attached hydrogens (primary N) is 1. The highest BCUT2D eigenvalue weighted by atomic mass is 16.7. The molecule has 6 atom stereocenters. The van der Waals surface area contributed by atoms with Gasteiger partial charge in [0, 0.05) is 54.5 Å². The predicted octanol–water partition coefficient (Wildman–Crippen LogP) is 3.09. The lowest BCUT2D eigenvalue weighted by atomic mass is 9.54. The van der Waals surface area contributed by atoms with Gasteiger partial charge in [0.05, 0.1) is 6.61 Å². The number of carbonyl (C=O) groups is 1. The molecule has 1 saturated carbocycles. The second-order valence-electron chi connectivity index (χ2n) is 15.6. The van der Waals surface area contributed by atoms with Crippen molar-refractivity contribution in [3.63, 3.8) is 0 Å². The smallest absolute Gasteiger partial charge is 0.336 e. The van der Waals surface area contributed by atoms with E-state index in [1.54, 1.807) is 42.5 Å². The number of aliphatic carboxylic acids is 1. The Morgan fingerprint density at radius 2 is 1.75 bits per heavy atom. The van der Waals surface area contributed by atoms with Crippen molar-refractivity contribution in [1.82, 2.24) is 15.6 Å². The molecule has 0 spiro atoms. The molecule has 1 aliphatic carbocycles. The molecular formula is C43H48N4O13. The number of ether oxygens (including phenoxy) is 4. The van der Waals surface area contributed by atoms with E-state index >= 15 is 0 Å². The normalized spacial score (nSPS) is 25.2. The van der Waals surface area contributed by atoms with Gasteiger partial charge < -0.3 is 70.0 Å². The fourth-order valence-electron chi connectivity index (χ4n) is 9.02. The molecule has 0 unspecified atom stereocenters. The molecule has 5 aromatic rings. The fourth-order valence-corrected chi connectivity index (χ4v) is 9.02. The molecule has 0 bridgehead atoms. The molecule has 3 aliphatic rings. The number of aliphatic hydroxyl groups excluding tert-OH is 2.